The molecule has 0 aliphatic carbocycles. The van der Waals surface area contributed by atoms with E-state index >= 15 is 0 Å². The van der Waals surface area contributed by atoms with E-state index in [4.69, 9.17) is 0 Å². The van der Waals surface area contributed by atoms with E-state index < -0.39 is 5.60 Å². The number of carbonyl (C=O) groups excluding carboxylic acids is 1. The van der Waals surface area contributed by atoms with E-state index in [1.54, 1.807) is 29.3 Å². The van der Waals surface area contributed by atoms with E-state index in [-0.39, 0.29) is 11.7 Å². The second kappa shape index (κ2) is 7.48. The third-order valence-electron chi connectivity index (χ3n) is 5.00. The molecule has 0 atom stereocenters. The molecule has 2 aromatic rings. The van der Waals surface area contributed by atoms with Gasteiger partial charge in [0.1, 0.15) is 5.75 Å². The summed E-state index contributed by atoms with van der Waals surface area (Å²) in [6, 6.07) is 14.9. The molecule has 1 aliphatic rings. The summed E-state index contributed by atoms with van der Waals surface area (Å²) in [6.07, 6.45) is 1.83. The number of anilines is 1. The standard InChI is InChI=1S/C21H26N2O3/c1-16-3-5-18(6-4-16)15-21(26)11-13-22(14-12-21)23(17(2)24)19-7-9-20(25)10-8-19/h3-10,25-26H,11-15H2,1-2H3. The Hall–Kier alpha value is -2.37. The predicted octanol–water partition coefficient (Wildman–Crippen LogP) is 3.04. The topological polar surface area (TPSA) is 64.0 Å². The minimum Gasteiger partial charge on any atom is -0.508 e. The largest absolute Gasteiger partial charge is 0.508 e. The molecule has 0 bridgehead atoms. The number of aliphatic hydroxyl groups is 1. The van der Waals surface area contributed by atoms with Crippen LogP contribution in [0.1, 0.15) is 30.9 Å². The summed E-state index contributed by atoms with van der Waals surface area (Å²) in [5.74, 6) is 0.0861. The van der Waals surface area contributed by atoms with Crippen LogP contribution in [0, 0.1) is 6.92 Å². The lowest BCUT2D eigenvalue weighted by Gasteiger charge is -2.43. The Labute approximate surface area is 154 Å². The number of hydrogen-bond acceptors (Lipinski definition) is 4. The first-order valence-corrected chi connectivity index (χ1v) is 8.99. The third kappa shape index (κ3) is 4.23. The van der Waals surface area contributed by atoms with Gasteiger partial charge < -0.3 is 10.2 Å². The zero-order valence-corrected chi connectivity index (χ0v) is 15.4. The SMILES string of the molecule is CC(=O)N(c1ccc(O)cc1)N1CCC(O)(Cc2ccc(C)cc2)CC1. The molecule has 0 unspecified atom stereocenters. The molecule has 1 fully saturated rings. The number of phenolic OH excluding ortho intramolecular Hbond substituents is 1. The number of phenols is 1. The molecule has 1 saturated heterocycles. The van der Waals surface area contributed by atoms with Crippen molar-refractivity contribution in [3.63, 3.8) is 0 Å². The van der Waals surface area contributed by atoms with Crippen LogP contribution < -0.4 is 5.01 Å². The molecular weight excluding hydrogens is 328 g/mol. The van der Waals surface area contributed by atoms with Gasteiger partial charge in [-0.2, -0.15) is 0 Å². The average Bonchev–Trinajstić information content (AvgIpc) is 2.60. The number of amides is 1. The van der Waals surface area contributed by atoms with E-state index in [9.17, 15) is 15.0 Å². The minimum absolute atomic E-state index is 0.0836. The summed E-state index contributed by atoms with van der Waals surface area (Å²) < 4.78 is 0. The molecule has 26 heavy (non-hydrogen) atoms. The molecule has 5 nitrogen and oxygen atoms in total. The van der Waals surface area contributed by atoms with Crippen molar-refractivity contribution in [1.82, 2.24) is 5.01 Å². The maximum atomic E-state index is 12.2. The fourth-order valence-electron chi connectivity index (χ4n) is 3.51. The van der Waals surface area contributed by atoms with Gasteiger partial charge in [0.25, 0.3) is 0 Å². The van der Waals surface area contributed by atoms with Gasteiger partial charge in [-0.1, -0.05) is 29.8 Å². The van der Waals surface area contributed by atoms with Crippen molar-refractivity contribution in [1.29, 1.82) is 0 Å². The van der Waals surface area contributed by atoms with Crippen LogP contribution in [0.3, 0.4) is 0 Å². The van der Waals surface area contributed by atoms with Gasteiger partial charge in [0.15, 0.2) is 0 Å². The molecule has 138 valence electrons. The number of aryl methyl sites for hydroxylation is 1. The fraction of sp³-hybridized carbons (Fsp3) is 0.381. The van der Waals surface area contributed by atoms with Gasteiger partial charge in [0, 0.05) is 26.4 Å². The molecule has 2 aromatic carbocycles. The zero-order chi connectivity index (χ0) is 18.7. The molecule has 0 spiro atoms. The molecule has 5 heteroatoms. The summed E-state index contributed by atoms with van der Waals surface area (Å²) in [5, 5.41) is 24.0. The summed E-state index contributed by atoms with van der Waals surface area (Å²) in [4.78, 5) is 12.2. The molecule has 0 radical (unpaired) electrons. The van der Waals surface area contributed by atoms with E-state index in [2.05, 4.69) is 31.2 Å². The molecular formula is C21H26N2O3. The number of hydrazine groups is 1. The van der Waals surface area contributed by atoms with Crippen LogP contribution in [0.15, 0.2) is 48.5 Å². The Morgan fingerprint density at radius 1 is 1.08 bits per heavy atom. The van der Waals surface area contributed by atoms with Gasteiger partial charge in [-0.15, -0.1) is 0 Å². The summed E-state index contributed by atoms with van der Waals surface area (Å²) in [6.45, 7) is 4.78. The molecule has 1 amide bonds. The van der Waals surface area contributed by atoms with Gasteiger partial charge in [-0.05, 0) is 49.6 Å². The Balaban J connectivity index is 1.68. The fourth-order valence-corrected chi connectivity index (χ4v) is 3.51. The van der Waals surface area contributed by atoms with Crippen molar-refractivity contribution >= 4 is 11.6 Å². The highest BCUT2D eigenvalue weighted by Crippen LogP contribution is 2.29. The smallest absolute Gasteiger partial charge is 0.238 e. The number of benzene rings is 2. The number of aromatic hydroxyl groups is 1. The molecule has 2 N–H and O–H groups in total. The van der Waals surface area contributed by atoms with Crippen molar-refractivity contribution in [3.8, 4) is 5.75 Å². The Morgan fingerprint density at radius 3 is 2.19 bits per heavy atom. The summed E-state index contributed by atoms with van der Waals surface area (Å²) in [5.41, 5.74) is 2.32. The van der Waals surface area contributed by atoms with Crippen LogP contribution in [0.2, 0.25) is 0 Å². The van der Waals surface area contributed by atoms with Crippen molar-refractivity contribution < 1.29 is 15.0 Å². The molecule has 0 saturated carbocycles. The van der Waals surface area contributed by atoms with Crippen LogP contribution in [-0.2, 0) is 11.2 Å². The number of piperidine rings is 1. The number of carbonyl (C=O) groups is 1. The van der Waals surface area contributed by atoms with E-state index in [0.29, 0.717) is 32.4 Å². The highest BCUT2D eigenvalue weighted by Gasteiger charge is 2.35. The maximum Gasteiger partial charge on any atom is 0.238 e. The van der Waals surface area contributed by atoms with Crippen LogP contribution in [0.4, 0.5) is 5.69 Å². The summed E-state index contributed by atoms with van der Waals surface area (Å²) >= 11 is 0. The van der Waals surface area contributed by atoms with Crippen LogP contribution in [-0.4, -0.2) is 39.8 Å². The second-order valence-corrected chi connectivity index (χ2v) is 7.19. The van der Waals surface area contributed by atoms with Crippen molar-refractivity contribution in [3.05, 3.63) is 59.7 Å². The van der Waals surface area contributed by atoms with E-state index in [1.807, 2.05) is 5.01 Å². The highest BCUT2D eigenvalue weighted by atomic mass is 16.3. The second-order valence-electron chi connectivity index (χ2n) is 7.19. The number of hydrogen-bond donors (Lipinski definition) is 2. The van der Waals surface area contributed by atoms with Crippen molar-refractivity contribution in [2.45, 2.75) is 38.7 Å². The minimum atomic E-state index is -0.747. The zero-order valence-electron chi connectivity index (χ0n) is 15.4. The Bertz CT molecular complexity index is 748. The lowest BCUT2D eigenvalue weighted by atomic mass is 9.85. The maximum absolute atomic E-state index is 12.2. The van der Waals surface area contributed by atoms with Crippen LogP contribution >= 0.6 is 0 Å². The third-order valence-corrected chi connectivity index (χ3v) is 5.00. The molecule has 3 rings (SSSR count). The molecule has 0 aromatic heterocycles. The Morgan fingerprint density at radius 2 is 1.65 bits per heavy atom. The first kappa shape index (κ1) is 18.4. The normalized spacial score (nSPS) is 17.0. The first-order valence-electron chi connectivity index (χ1n) is 8.99. The lowest BCUT2D eigenvalue weighted by Crippen LogP contribution is -2.54. The van der Waals surface area contributed by atoms with Gasteiger partial charge in [-0.3, -0.25) is 4.79 Å². The quantitative estimate of drug-likeness (QED) is 0.886. The van der Waals surface area contributed by atoms with Gasteiger partial charge >= 0.3 is 0 Å². The first-order chi connectivity index (χ1) is 12.4. The average molecular weight is 354 g/mol. The van der Waals surface area contributed by atoms with E-state index in [0.717, 1.165) is 11.3 Å². The number of rotatable bonds is 4. The van der Waals surface area contributed by atoms with Crippen molar-refractivity contribution in [2.75, 3.05) is 18.1 Å². The van der Waals surface area contributed by atoms with Gasteiger partial charge in [0.2, 0.25) is 5.91 Å². The summed E-state index contributed by atoms with van der Waals surface area (Å²) in [7, 11) is 0. The van der Waals surface area contributed by atoms with Gasteiger partial charge in [0.05, 0.1) is 11.3 Å². The molecule has 1 heterocycles. The van der Waals surface area contributed by atoms with Crippen molar-refractivity contribution in [2.24, 2.45) is 0 Å². The molecule has 1 aliphatic heterocycles. The van der Waals surface area contributed by atoms with Crippen LogP contribution in [0.5, 0.6) is 5.75 Å². The predicted molar refractivity (Wildman–Crippen MR) is 102 cm³/mol. The van der Waals surface area contributed by atoms with E-state index in [1.165, 1.54) is 12.5 Å². The lowest BCUT2D eigenvalue weighted by molar-refractivity contribution is -0.121. The monoisotopic (exact) mass is 354 g/mol. The number of nitrogens with zero attached hydrogens (tertiary/aromatic N) is 2. The highest BCUT2D eigenvalue weighted by molar-refractivity contribution is 5.90. The van der Waals surface area contributed by atoms with Gasteiger partial charge in [-0.25, -0.2) is 10.0 Å². The Kier molecular flexibility index (Phi) is 5.30. The van der Waals surface area contributed by atoms with Crippen LogP contribution in [0.25, 0.3) is 0 Å².